The highest BCUT2D eigenvalue weighted by molar-refractivity contribution is 5.81. The third-order valence-electron chi connectivity index (χ3n) is 3.76. The van der Waals surface area contributed by atoms with Crippen LogP contribution in [0.1, 0.15) is 25.0 Å². The molecule has 1 amide bonds. The van der Waals surface area contributed by atoms with Crippen LogP contribution in [0.5, 0.6) is 0 Å². The molecule has 0 bridgehead atoms. The number of hydrogen-bond donors (Lipinski definition) is 2. The number of hydrogen-bond acceptors (Lipinski definition) is 1. The Morgan fingerprint density at radius 1 is 1.50 bits per heavy atom. The number of H-pyrrole nitrogens is 1. The van der Waals surface area contributed by atoms with Gasteiger partial charge in [0.2, 0.25) is 5.91 Å². The van der Waals surface area contributed by atoms with Crippen molar-refractivity contribution in [3.8, 4) is 0 Å². The van der Waals surface area contributed by atoms with Crippen molar-refractivity contribution >= 4 is 5.91 Å². The first-order chi connectivity index (χ1) is 7.84. The summed E-state index contributed by atoms with van der Waals surface area (Å²) < 4.78 is 0. The average Bonchev–Trinajstić information content (AvgIpc) is 3.16. The highest BCUT2D eigenvalue weighted by Gasteiger charge is 2.50. The van der Waals surface area contributed by atoms with Gasteiger partial charge in [-0.1, -0.05) is 0 Å². The molecule has 2 N–H and O–H groups in total. The van der Waals surface area contributed by atoms with Crippen LogP contribution in [-0.2, 0) is 11.2 Å². The molecule has 3 rings (SSSR count). The molecular weight excluding hydrogens is 200 g/mol. The normalized spacial score (nSPS) is 27.8. The van der Waals surface area contributed by atoms with Crippen LogP contribution >= 0.6 is 0 Å². The molecule has 2 aliphatic carbocycles. The Morgan fingerprint density at radius 3 is 3.06 bits per heavy atom. The first-order valence-corrected chi connectivity index (χ1v) is 6.24. The van der Waals surface area contributed by atoms with Gasteiger partial charge >= 0.3 is 0 Å². The van der Waals surface area contributed by atoms with E-state index in [4.69, 9.17) is 0 Å². The number of carbonyl (C=O) groups is 1. The van der Waals surface area contributed by atoms with Crippen LogP contribution in [0.15, 0.2) is 18.3 Å². The van der Waals surface area contributed by atoms with Gasteiger partial charge in [-0.05, 0) is 43.2 Å². The van der Waals surface area contributed by atoms with Gasteiger partial charge < -0.3 is 10.3 Å². The predicted molar refractivity (Wildman–Crippen MR) is 61.8 cm³/mol. The average molecular weight is 218 g/mol. The first-order valence-electron chi connectivity index (χ1n) is 6.24. The summed E-state index contributed by atoms with van der Waals surface area (Å²) in [6.45, 7) is 0.757. The summed E-state index contributed by atoms with van der Waals surface area (Å²) in [5.74, 6) is 2.24. The van der Waals surface area contributed by atoms with E-state index >= 15 is 0 Å². The molecular formula is C13H18N2O. The van der Waals surface area contributed by atoms with Gasteiger partial charge in [-0.25, -0.2) is 0 Å². The zero-order valence-electron chi connectivity index (χ0n) is 9.41. The lowest BCUT2D eigenvalue weighted by Gasteiger charge is -2.03. The fraction of sp³-hybridized carbons (Fsp3) is 0.615. The van der Waals surface area contributed by atoms with Gasteiger partial charge in [-0.3, -0.25) is 4.79 Å². The lowest BCUT2D eigenvalue weighted by Crippen LogP contribution is -2.27. The van der Waals surface area contributed by atoms with Crippen LogP contribution in [0.2, 0.25) is 0 Å². The van der Waals surface area contributed by atoms with Gasteiger partial charge in [-0.2, -0.15) is 0 Å². The van der Waals surface area contributed by atoms with Crippen LogP contribution in [0, 0.1) is 17.8 Å². The number of aromatic amines is 1. The first kappa shape index (κ1) is 9.94. The second-order valence-corrected chi connectivity index (χ2v) is 5.08. The molecule has 0 unspecified atom stereocenters. The monoisotopic (exact) mass is 218 g/mol. The molecule has 86 valence electrons. The Morgan fingerprint density at radius 2 is 2.38 bits per heavy atom. The van der Waals surface area contributed by atoms with Crippen LogP contribution in [0.3, 0.4) is 0 Å². The van der Waals surface area contributed by atoms with E-state index in [1.165, 1.54) is 18.5 Å². The summed E-state index contributed by atoms with van der Waals surface area (Å²) in [5, 5.41) is 3.04. The Labute approximate surface area is 95.6 Å². The molecule has 16 heavy (non-hydrogen) atoms. The van der Waals surface area contributed by atoms with Gasteiger partial charge in [0.25, 0.3) is 0 Å². The zero-order chi connectivity index (χ0) is 11.0. The van der Waals surface area contributed by atoms with E-state index in [0.29, 0.717) is 5.92 Å². The van der Waals surface area contributed by atoms with Crippen molar-refractivity contribution in [1.29, 1.82) is 0 Å². The molecule has 0 aromatic carbocycles. The van der Waals surface area contributed by atoms with Crippen molar-refractivity contribution in [2.45, 2.75) is 25.7 Å². The molecule has 0 spiro atoms. The molecule has 2 atom stereocenters. The summed E-state index contributed by atoms with van der Waals surface area (Å²) in [4.78, 5) is 14.9. The fourth-order valence-corrected chi connectivity index (χ4v) is 2.54. The van der Waals surface area contributed by atoms with E-state index in [0.717, 1.165) is 31.2 Å². The van der Waals surface area contributed by atoms with Gasteiger partial charge in [0.15, 0.2) is 0 Å². The van der Waals surface area contributed by atoms with Crippen LogP contribution in [0.4, 0.5) is 0 Å². The van der Waals surface area contributed by atoms with Crippen molar-refractivity contribution in [3.63, 3.8) is 0 Å². The topological polar surface area (TPSA) is 44.9 Å². The Balaban J connectivity index is 1.37. The number of carbonyl (C=O) groups excluding carboxylic acids is 1. The lowest BCUT2D eigenvalue weighted by atomic mass is 10.2. The minimum atomic E-state index is 0.281. The van der Waals surface area contributed by atoms with Crippen molar-refractivity contribution in [2.75, 3.05) is 6.54 Å². The number of nitrogens with one attached hydrogen (secondary N) is 2. The van der Waals surface area contributed by atoms with Gasteiger partial charge in [0.05, 0.1) is 0 Å². The van der Waals surface area contributed by atoms with E-state index in [-0.39, 0.29) is 5.91 Å². The zero-order valence-corrected chi connectivity index (χ0v) is 9.41. The van der Waals surface area contributed by atoms with E-state index < -0.39 is 0 Å². The third-order valence-corrected chi connectivity index (χ3v) is 3.76. The fourth-order valence-electron chi connectivity index (χ4n) is 2.54. The highest BCUT2D eigenvalue weighted by Crippen LogP contribution is 2.54. The number of aromatic nitrogens is 1. The molecule has 1 aromatic rings. The maximum Gasteiger partial charge on any atom is 0.223 e. The Kier molecular flexibility index (Phi) is 2.46. The Bertz CT molecular complexity index is 367. The highest BCUT2D eigenvalue weighted by atomic mass is 16.2. The molecule has 0 aliphatic heterocycles. The maximum absolute atomic E-state index is 11.8. The maximum atomic E-state index is 11.8. The molecule has 0 saturated heterocycles. The van der Waals surface area contributed by atoms with E-state index in [2.05, 4.69) is 16.4 Å². The molecule has 3 nitrogen and oxygen atoms in total. The molecule has 2 saturated carbocycles. The minimum absolute atomic E-state index is 0.281. The molecule has 2 aliphatic rings. The van der Waals surface area contributed by atoms with Gasteiger partial charge in [0.1, 0.15) is 0 Å². The van der Waals surface area contributed by atoms with Gasteiger partial charge in [-0.15, -0.1) is 0 Å². The van der Waals surface area contributed by atoms with Crippen molar-refractivity contribution in [1.82, 2.24) is 10.3 Å². The van der Waals surface area contributed by atoms with Crippen molar-refractivity contribution in [3.05, 3.63) is 24.0 Å². The third kappa shape index (κ3) is 2.13. The van der Waals surface area contributed by atoms with E-state index in [9.17, 15) is 4.79 Å². The summed E-state index contributed by atoms with van der Waals surface area (Å²) in [6, 6.07) is 4.04. The van der Waals surface area contributed by atoms with Crippen LogP contribution in [-0.4, -0.2) is 17.4 Å². The quantitative estimate of drug-likeness (QED) is 0.776. The Hall–Kier alpha value is -1.25. The van der Waals surface area contributed by atoms with E-state index in [1.807, 2.05) is 12.3 Å². The molecule has 1 heterocycles. The van der Waals surface area contributed by atoms with Crippen molar-refractivity contribution < 1.29 is 4.79 Å². The minimum Gasteiger partial charge on any atom is -0.365 e. The summed E-state index contributed by atoms with van der Waals surface area (Å²) in [6.07, 6.45) is 6.67. The second-order valence-electron chi connectivity index (χ2n) is 5.08. The summed E-state index contributed by atoms with van der Waals surface area (Å²) in [5.41, 5.74) is 1.19. The number of amides is 1. The number of rotatable bonds is 5. The summed E-state index contributed by atoms with van der Waals surface area (Å²) in [7, 11) is 0. The molecule has 2 fully saturated rings. The standard InChI is InChI=1S/C13H18N2O/c16-13(12-8-11(12)9-3-4-9)15-7-5-10-2-1-6-14-10/h1-2,6,9,11-12,14H,3-5,7-8H2,(H,15,16)/t11-,12-/m1/s1. The largest absolute Gasteiger partial charge is 0.365 e. The van der Waals surface area contributed by atoms with Crippen molar-refractivity contribution in [2.24, 2.45) is 17.8 Å². The lowest BCUT2D eigenvalue weighted by molar-refractivity contribution is -0.122. The second kappa shape index (κ2) is 3.96. The molecule has 0 radical (unpaired) electrons. The van der Waals surface area contributed by atoms with Crippen LogP contribution < -0.4 is 5.32 Å². The molecule has 1 aromatic heterocycles. The van der Waals surface area contributed by atoms with Gasteiger partial charge in [0, 0.05) is 30.8 Å². The predicted octanol–water partition coefficient (Wildman–Crippen LogP) is 1.72. The molecule has 3 heteroatoms. The van der Waals surface area contributed by atoms with Crippen LogP contribution in [0.25, 0.3) is 0 Å². The summed E-state index contributed by atoms with van der Waals surface area (Å²) >= 11 is 0. The smallest absolute Gasteiger partial charge is 0.223 e. The SMILES string of the molecule is O=C(NCCc1ccc[nH]1)[C@@H]1C[C@@H]1C1CC1. The van der Waals surface area contributed by atoms with E-state index in [1.54, 1.807) is 0 Å².